The topological polar surface area (TPSA) is 79.5 Å². The maximum Gasteiger partial charge on any atom is 0.251 e. The average Bonchev–Trinajstić information content (AvgIpc) is 2.96. The van der Waals surface area contributed by atoms with Gasteiger partial charge in [0.15, 0.2) is 0 Å². The molecule has 4 aromatic rings. The second kappa shape index (κ2) is 13.7. The number of amides is 2. The van der Waals surface area contributed by atoms with Crippen molar-refractivity contribution in [3.05, 3.63) is 126 Å². The Morgan fingerprint density at radius 1 is 0.789 bits per heavy atom. The standard InChI is InChI=1S/C32H33N3O3/c1-24(26-13-6-3-7-14-26)34-32(37)27-15-8-16-29(22-27)35-31(36)23-33-28-17-19-30(20-18-28)38-21-9-12-25-10-4-2-5-11-25/h2-8,10-11,13-20,22,24,33H,9,12,21,23H2,1H3,(H,34,37)(H,35,36). The molecule has 0 spiro atoms. The average molecular weight is 508 g/mol. The lowest BCUT2D eigenvalue weighted by molar-refractivity contribution is -0.114. The van der Waals surface area contributed by atoms with E-state index in [0.29, 0.717) is 17.9 Å². The smallest absolute Gasteiger partial charge is 0.251 e. The molecular formula is C32H33N3O3. The van der Waals surface area contributed by atoms with Gasteiger partial charge in [-0.05, 0) is 73.4 Å². The molecule has 0 aliphatic carbocycles. The van der Waals surface area contributed by atoms with E-state index >= 15 is 0 Å². The molecule has 6 nitrogen and oxygen atoms in total. The number of hydrogen-bond donors (Lipinski definition) is 3. The van der Waals surface area contributed by atoms with Crippen molar-refractivity contribution in [3.63, 3.8) is 0 Å². The molecule has 3 N–H and O–H groups in total. The fraction of sp³-hybridized carbons (Fsp3) is 0.188. The molecule has 0 bridgehead atoms. The van der Waals surface area contributed by atoms with Gasteiger partial charge in [-0.1, -0.05) is 66.7 Å². The Hall–Kier alpha value is -4.58. The highest BCUT2D eigenvalue weighted by molar-refractivity contribution is 5.98. The Bertz CT molecular complexity index is 1310. The van der Waals surface area contributed by atoms with E-state index in [-0.39, 0.29) is 24.4 Å². The third kappa shape index (κ3) is 8.23. The van der Waals surface area contributed by atoms with Crippen LogP contribution in [0.2, 0.25) is 0 Å². The molecule has 0 fully saturated rings. The van der Waals surface area contributed by atoms with Crippen LogP contribution >= 0.6 is 0 Å². The Morgan fingerprint density at radius 3 is 2.24 bits per heavy atom. The number of carbonyl (C=O) groups is 2. The van der Waals surface area contributed by atoms with Gasteiger partial charge in [0.2, 0.25) is 5.91 Å². The van der Waals surface area contributed by atoms with Gasteiger partial charge >= 0.3 is 0 Å². The van der Waals surface area contributed by atoms with Crippen molar-refractivity contribution in [2.45, 2.75) is 25.8 Å². The van der Waals surface area contributed by atoms with Crippen LogP contribution in [0.1, 0.15) is 40.9 Å². The summed E-state index contributed by atoms with van der Waals surface area (Å²) in [6.45, 7) is 2.68. The minimum absolute atomic E-state index is 0.0960. The summed E-state index contributed by atoms with van der Waals surface area (Å²) >= 11 is 0. The maximum atomic E-state index is 12.7. The van der Waals surface area contributed by atoms with Gasteiger partial charge < -0.3 is 20.7 Å². The Labute approximate surface area is 224 Å². The quantitative estimate of drug-likeness (QED) is 0.198. The van der Waals surface area contributed by atoms with Gasteiger partial charge in [0.05, 0.1) is 19.2 Å². The summed E-state index contributed by atoms with van der Waals surface area (Å²) in [5.74, 6) is 0.393. The summed E-state index contributed by atoms with van der Waals surface area (Å²) in [5, 5.41) is 8.95. The Balaban J connectivity index is 1.19. The summed E-state index contributed by atoms with van der Waals surface area (Å²) < 4.78 is 5.83. The molecule has 6 heteroatoms. The van der Waals surface area contributed by atoms with Crippen molar-refractivity contribution in [1.82, 2.24) is 5.32 Å². The fourth-order valence-corrected chi connectivity index (χ4v) is 4.01. The van der Waals surface area contributed by atoms with Gasteiger partial charge in [-0.25, -0.2) is 0 Å². The van der Waals surface area contributed by atoms with E-state index in [2.05, 4.69) is 28.1 Å². The molecule has 0 aliphatic heterocycles. The zero-order valence-electron chi connectivity index (χ0n) is 21.5. The molecule has 4 rings (SSSR count). The van der Waals surface area contributed by atoms with Crippen molar-refractivity contribution < 1.29 is 14.3 Å². The largest absolute Gasteiger partial charge is 0.494 e. The molecule has 194 valence electrons. The summed E-state index contributed by atoms with van der Waals surface area (Å²) in [6.07, 6.45) is 1.93. The van der Waals surface area contributed by atoms with E-state index in [1.807, 2.05) is 79.7 Å². The van der Waals surface area contributed by atoms with Crippen LogP contribution in [0.15, 0.2) is 109 Å². The SMILES string of the molecule is CC(NC(=O)c1cccc(NC(=O)CNc2ccc(OCCCc3ccccc3)cc2)c1)c1ccccc1. The van der Waals surface area contributed by atoms with E-state index in [9.17, 15) is 9.59 Å². The van der Waals surface area contributed by atoms with Gasteiger partial charge in [-0.2, -0.15) is 0 Å². The van der Waals surface area contributed by atoms with Gasteiger partial charge in [0.1, 0.15) is 5.75 Å². The predicted octanol–water partition coefficient (Wildman–Crippen LogP) is 6.24. The van der Waals surface area contributed by atoms with Crippen LogP contribution in [0.25, 0.3) is 0 Å². The van der Waals surface area contributed by atoms with Crippen molar-refractivity contribution in [2.24, 2.45) is 0 Å². The first-order valence-corrected chi connectivity index (χ1v) is 12.8. The highest BCUT2D eigenvalue weighted by Crippen LogP contribution is 2.17. The van der Waals surface area contributed by atoms with Crippen molar-refractivity contribution in [1.29, 1.82) is 0 Å². The van der Waals surface area contributed by atoms with E-state index in [1.165, 1.54) is 5.56 Å². The number of nitrogens with one attached hydrogen (secondary N) is 3. The fourth-order valence-electron chi connectivity index (χ4n) is 4.01. The first-order chi connectivity index (χ1) is 18.6. The second-order valence-corrected chi connectivity index (χ2v) is 9.05. The van der Waals surface area contributed by atoms with Crippen LogP contribution in [0.4, 0.5) is 11.4 Å². The summed E-state index contributed by atoms with van der Waals surface area (Å²) in [6, 6.07) is 34.5. The van der Waals surface area contributed by atoms with Crippen LogP contribution in [-0.4, -0.2) is 25.0 Å². The van der Waals surface area contributed by atoms with Crippen molar-refractivity contribution >= 4 is 23.2 Å². The number of hydrogen-bond acceptors (Lipinski definition) is 4. The normalized spacial score (nSPS) is 11.3. The molecule has 0 radical (unpaired) electrons. The van der Waals surface area contributed by atoms with Gasteiger partial charge in [-0.15, -0.1) is 0 Å². The predicted molar refractivity (Wildman–Crippen MR) is 153 cm³/mol. The van der Waals surface area contributed by atoms with E-state index in [0.717, 1.165) is 29.8 Å². The zero-order chi connectivity index (χ0) is 26.6. The second-order valence-electron chi connectivity index (χ2n) is 9.05. The number of carbonyl (C=O) groups excluding carboxylic acids is 2. The number of benzene rings is 4. The first kappa shape index (κ1) is 26.5. The monoisotopic (exact) mass is 507 g/mol. The molecule has 0 aromatic heterocycles. The number of rotatable bonds is 12. The maximum absolute atomic E-state index is 12.7. The van der Waals surface area contributed by atoms with Crippen LogP contribution in [0.3, 0.4) is 0 Å². The van der Waals surface area contributed by atoms with E-state index in [4.69, 9.17) is 4.74 Å². The lowest BCUT2D eigenvalue weighted by Crippen LogP contribution is -2.27. The molecule has 38 heavy (non-hydrogen) atoms. The highest BCUT2D eigenvalue weighted by atomic mass is 16.5. The van der Waals surface area contributed by atoms with Crippen LogP contribution in [-0.2, 0) is 11.2 Å². The van der Waals surface area contributed by atoms with E-state index in [1.54, 1.807) is 24.3 Å². The van der Waals surface area contributed by atoms with Crippen LogP contribution in [0, 0.1) is 0 Å². The van der Waals surface area contributed by atoms with Gasteiger partial charge in [-0.3, -0.25) is 9.59 Å². The van der Waals surface area contributed by atoms with Crippen LogP contribution < -0.4 is 20.7 Å². The molecule has 0 aliphatic rings. The Kier molecular flexibility index (Phi) is 9.51. The number of aryl methyl sites for hydroxylation is 1. The summed E-state index contributed by atoms with van der Waals surface area (Å²) in [5.41, 5.74) is 4.20. The molecule has 1 unspecified atom stereocenters. The lowest BCUT2D eigenvalue weighted by Gasteiger charge is -2.15. The molecular weight excluding hydrogens is 474 g/mol. The van der Waals surface area contributed by atoms with Crippen LogP contribution in [0.5, 0.6) is 5.75 Å². The molecule has 0 saturated carbocycles. The molecule has 4 aromatic carbocycles. The minimum atomic E-state index is -0.207. The van der Waals surface area contributed by atoms with E-state index < -0.39 is 0 Å². The summed E-state index contributed by atoms with van der Waals surface area (Å²) in [4.78, 5) is 25.2. The molecule has 1 atom stereocenters. The zero-order valence-corrected chi connectivity index (χ0v) is 21.5. The number of anilines is 2. The third-order valence-corrected chi connectivity index (χ3v) is 6.08. The molecule has 2 amide bonds. The minimum Gasteiger partial charge on any atom is -0.494 e. The molecule has 0 saturated heterocycles. The van der Waals surface area contributed by atoms with Gasteiger partial charge in [0.25, 0.3) is 5.91 Å². The Morgan fingerprint density at radius 2 is 1.50 bits per heavy atom. The van der Waals surface area contributed by atoms with Crippen molar-refractivity contribution in [3.8, 4) is 5.75 Å². The number of ether oxygens (including phenoxy) is 1. The lowest BCUT2D eigenvalue weighted by atomic mass is 10.1. The first-order valence-electron chi connectivity index (χ1n) is 12.8. The third-order valence-electron chi connectivity index (χ3n) is 6.08. The van der Waals surface area contributed by atoms with Crippen molar-refractivity contribution in [2.75, 3.05) is 23.8 Å². The summed E-state index contributed by atoms with van der Waals surface area (Å²) in [7, 11) is 0. The van der Waals surface area contributed by atoms with Gasteiger partial charge in [0, 0.05) is 16.9 Å². The highest BCUT2D eigenvalue weighted by Gasteiger charge is 2.12. The molecule has 0 heterocycles.